The van der Waals surface area contributed by atoms with Gasteiger partial charge in [0.2, 0.25) is 0 Å². The van der Waals surface area contributed by atoms with Crippen molar-refractivity contribution in [2.75, 3.05) is 18.4 Å². The molecule has 0 radical (unpaired) electrons. The van der Waals surface area contributed by atoms with Crippen molar-refractivity contribution in [3.63, 3.8) is 0 Å². The topological polar surface area (TPSA) is 3.24 Å². The van der Waals surface area contributed by atoms with Crippen LogP contribution in [0.5, 0.6) is 0 Å². The third kappa shape index (κ3) is 3.76. The molecule has 4 heteroatoms. The molecule has 1 aromatic carbocycles. The minimum Gasteiger partial charge on any atom is -0.299 e. The highest BCUT2D eigenvalue weighted by Crippen LogP contribution is 2.22. The largest absolute Gasteiger partial charge is 0.299 e. The molecular weight excluding hydrogens is 349 g/mol. The third-order valence-electron chi connectivity index (χ3n) is 3.23. The number of piperidine rings is 1. The Labute approximate surface area is 119 Å². The van der Waals surface area contributed by atoms with Crippen molar-refractivity contribution in [1.82, 2.24) is 4.90 Å². The molecule has 0 spiro atoms. The van der Waals surface area contributed by atoms with Crippen LogP contribution in [0.15, 0.2) is 22.7 Å². The number of hydrogen-bond acceptors (Lipinski definition) is 1. The standard InChI is InChI=1S/C13H16Br2FN/c14-7-10-2-1-5-17(8-10)9-11-3-4-12(15)6-13(11)16/h3-4,6,10H,1-2,5,7-9H2. The minimum absolute atomic E-state index is 0.111. The second kappa shape index (κ2) is 6.30. The van der Waals surface area contributed by atoms with Crippen LogP contribution < -0.4 is 0 Å². The zero-order valence-corrected chi connectivity index (χ0v) is 12.8. The van der Waals surface area contributed by atoms with Gasteiger partial charge in [-0.25, -0.2) is 4.39 Å². The molecule has 0 amide bonds. The maximum absolute atomic E-state index is 13.7. The van der Waals surface area contributed by atoms with Crippen LogP contribution in [0.2, 0.25) is 0 Å². The average molecular weight is 365 g/mol. The van der Waals surface area contributed by atoms with Crippen LogP contribution in [0.25, 0.3) is 0 Å². The fourth-order valence-corrected chi connectivity index (χ4v) is 3.17. The molecule has 2 rings (SSSR count). The smallest absolute Gasteiger partial charge is 0.128 e. The highest BCUT2D eigenvalue weighted by Gasteiger charge is 2.19. The maximum Gasteiger partial charge on any atom is 0.128 e. The number of alkyl halides is 1. The molecule has 1 fully saturated rings. The summed E-state index contributed by atoms with van der Waals surface area (Å²) in [5.41, 5.74) is 0.795. The van der Waals surface area contributed by atoms with Gasteiger partial charge in [0.25, 0.3) is 0 Å². The van der Waals surface area contributed by atoms with Gasteiger partial charge in [-0.15, -0.1) is 0 Å². The predicted molar refractivity (Wildman–Crippen MR) is 75.9 cm³/mol. The van der Waals surface area contributed by atoms with Crippen molar-refractivity contribution < 1.29 is 4.39 Å². The second-order valence-corrected chi connectivity index (χ2v) is 6.20. The summed E-state index contributed by atoms with van der Waals surface area (Å²) < 4.78 is 14.5. The Morgan fingerprint density at radius 1 is 1.41 bits per heavy atom. The van der Waals surface area contributed by atoms with Crippen LogP contribution in [0, 0.1) is 11.7 Å². The SMILES string of the molecule is Fc1cc(Br)ccc1CN1CCCC(CBr)C1. The molecule has 1 aromatic rings. The van der Waals surface area contributed by atoms with Crippen LogP contribution in [0.1, 0.15) is 18.4 Å². The number of halogens is 3. The number of rotatable bonds is 3. The van der Waals surface area contributed by atoms with E-state index in [2.05, 4.69) is 36.8 Å². The molecule has 1 aliphatic rings. The van der Waals surface area contributed by atoms with Gasteiger partial charge in [0.05, 0.1) is 0 Å². The fourth-order valence-electron chi connectivity index (χ4n) is 2.31. The van der Waals surface area contributed by atoms with Crippen molar-refractivity contribution in [3.8, 4) is 0 Å². The summed E-state index contributed by atoms with van der Waals surface area (Å²) >= 11 is 6.82. The van der Waals surface area contributed by atoms with Gasteiger partial charge in [-0.05, 0) is 37.4 Å². The Morgan fingerprint density at radius 2 is 2.24 bits per heavy atom. The summed E-state index contributed by atoms with van der Waals surface area (Å²) in [6.07, 6.45) is 2.50. The maximum atomic E-state index is 13.7. The Kier molecular flexibility index (Phi) is 5.00. The molecule has 0 bridgehead atoms. The van der Waals surface area contributed by atoms with Crippen molar-refractivity contribution in [2.24, 2.45) is 5.92 Å². The zero-order chi connectivity index (χ0) is 12.3. The van der Waals surface area contributed by atoms with Gasteiger partial charge in [0.15, 0.2) is 0 Å². The number of hydrogen-bond donors (Lipinski definition) is 0. The Balaban J connectivity index is 2.00. The first kappa shape index (κ1) is 13.5. The Bertz CT molecular complexity index is 384. The first-order valence-electron chi connectivity index (χ1n) is 5.91. The lowest BCUT2D eigenvalue weighted by Crippen LogP contribution is -2.35. The highest BCUT2D eigenvalue weighted by atomic mass is 79.9. The molecule has 1 heterocycles. The third-order valence-corrected chi connectivity index (χ3v) is 4.64. The van der Waals surface area contributed by atoms with E-state index in [1.807, 2.05) is 12.1 Å². The van der Waals surface area contributed by atoms with Gasteiger partial charge in [0, 0.05) is 28.5 Å². The lowest BCUT2D eigenvalue weighted by Gasteiger charge is -2.31. The number of nitrogens with zero attached hydrogens (tertiary/aromatic N) is 1. The highest BCUT2D eigenvalue weighted by molar-refractivity contribution is 9.10. The molecule has 17 heavy (non-hydrogen) atoms. The van der Waals surface area contributed by atoms with Gasteiger partial charge in [-0.2, -0.15) is 0 Å². The van der Waals surface area contributed by atoms with E-state index in [1.165, 1.54) is 12.8 Å². The molecule has 0 saturated carbocycles. The van der Waals surface area contributed by atoms with Gasteiger partial charge < -0.3 is 0 Å². The van der Waals surface area contributed by atoms with Crippen LogP contribution in [0.3, 0.4) is 0 Å². The molecule has 1 unspecified atom stereocenters. The quantitative estimate of drug-likeness (QED) is 0.726. The summed E-state index contributed by atoms with van der Waals surface area (Å²) in [5.74, 6) is 0.600. The van der Waals surface area contributed by atoms with Crippen LogP contribution in [0.4, 0.5) is 4.39 Å². The normalized spacial score (nSPS) is 21.7. The van der Waals surface area contributed by atoms with E-state index in [0.29, 0.717) is 5.92 Å². The van der Waals surface area contributed by atoms with E-state index in [9.17, 15) is 4.39 Å². The van der Waals surface area contributed by atoms with Crippen molar-refractivity contribution in [3.05, 3.63) is 34.1 Å². The van der Waals surface area contributed by atoms with Crippen molar-refractivity contribution in [2.45, 2.75) is 19.4 Å². The second-order valence-electron chi connectivity index (χ2n) is 4.63. The van der Waals surface area contributed by atoms with Crippen LogP contribution >= 0.6 is 31.9 Å². The van der Waals surface area contributed by atoms with Gasteiger partial charge >= 0.3 is 0 Å². The lowest BCUT2D eigenvalue weighted by atomic mass is 10.00. The Hall–Kier alpha value is 0.0700. The van der Waals surface area contributed by atoms with E-state index in [4.69, 9.17) is 0 Å². The van der Waals surface area contributed by atoms with Gasteiger partial charge in [-0.1, -0.05) is 37.9 Å². The summed E-state index contributed by atoms with van der Waals surface area (Å²) in [7, 11) is 0. The van der Waals surface area contributed by atoms with E-state index >= 15 is 0 Å². The zero-order valence-electron chi connectivity index (χ0n) is 9.63. The monoisotopic (exact) mass is 363 g/mol. The van der Waals surface area contributed by atoms with Gasteiger partial charge in [0.1, 0.15) is 5.82 Å². The molecule has 0 N–H and O–H groups in total. The molecular formula is C13H16Br2FN. The summed E-state index contributed by atoms with van der Waals surface area (Å²) in [5, 5.41) is 1.05. The van der Waals surface area contributed by atoms with Crippen molar-refractivity contribution in [1.29, 1.82) is 0 Å². The van der Waals surface area contributed by atoms with Crippen LogP contribution in [-0.2, 0) is 6.54 Å². The van der Waals surface area contributed by atoms with E-state index in [0.717, 1.165) is 35.0 Å². The van der Waals surface area contributed by atoms with E-state index < -0.39 is 0 Å². The van der Waals surface area contributed by atoms with Gasteiger partial charge in [-0.3, -0.25) is 4.90 Å². The fraction of sp³-hybridized carbons (Fsp3) is 0.538. The molecule has 0 aromatic heterocycles. The molecule has 1 saturated heterocycles. The number of likely N-dealkylation sites (tertiary alicyclic amines) is 1. The molecule has 1 atom stereocenters. The molecule has 1 nitrogen and oxygen atoms in total. The van der Waals surface area contributed by atoms with Crippen molar-refractivity contribution >= 4 is 31.9 Å². The molecule has 1 aliphatic heterocycles. The first-order chi connectivity index (χ1) is 8.19. The lowest BCUT2D eigenvalue weighted by molar-refractivity contribution is 0.177. The summed E-state index contributed by atoms with van der Waals surface area (Å²) in [6.45, 7) is 2.88. The molecule has 94 valence electrons. The van der Waals surface area contributed by atoms with E-state index in [-0.39, 0.29) is 5.82 Å². The summed E-state index contributed by atoms with van der Waals surface area (Å²) in [4.78, 5) is 2.35. The summed E-state index contributed by atoms with van der Waals surface area (Å²) in [6, 6.07) is 5.32. The average Bonchev–Trinajstić information content (AvgIpc) is 2.33. The van der Waals surface area contributed by atoms with E-state index in [1.54, 1.807) is 6.07 Å². The Morgan fingerprint density at radius 3 is 2.94 bits per heavy atom. The predicted octanol–water partition coefficient (Wildman–Crippen LogP) is 4.20. The minimum atomic E-state index is -0.111. The number of benzene rings is 1. The first-order valence-corrected chi connectivity index (χ1v) is 7.82. The van der Waals surface area contributed by atoms with Crippen LogP contribution in [-0.4, -0.2) is 23.3 Å². The molecule has 0 aliphatic carbocycles.